The number of aromatic carboxylic acids is 1. The second-order valence-electron chi connectivity index (χ2n) is 7.58. The first-order valence-electron chi connectivity index (χ1n) is 10.4. The molecule has 0 bridgehead atoms. The zero-order valence-corrected chi connectivity index (χ0v) is 26.7. The summed E-state index contributed by atoms with van der Waals surface area (Å²) in [5.41, 5.74) is 2.76. The molecular formula is C24H15Br4N3O4S2. The van der Waals surface area contributed by atoms with Crippen LogP contribution in [0, 0.1) is 6.92 Å². The number of amides is 2. The molecule has 190 valence electrons. The average Bonchev–Trinajstić information content (AvgIpc) is 3.27. The van der Waals surface area contributed by atoms with Gasteiger partial charge in [0.05, 0.1) is 27.1 Å². The molecule has 3 aromatic carbocycles. The van der Waals surface area contributed by atoms with Crippen LogP contribution in [-0.4, -0.2) is 33.6 Å². The number of carbonyl (C=O) groups excluding carboxylic acids is 2. The monoisotopic (exact) mass is 789 g/mol. The van der Waals surface area contributed by atoms with Crippen molar-refractivity contribution < 1.29 is 19.5 Å². The summed E-state index contributed by atoms with van der Waals surface area (Å²) in [7, 11) is 0. The Morgan fingerprint density at radius 2 is 1.62 bits per heavy atom. The molecule has 37 heavy (non-hydrogen) atoms. The summed E-state index contributed by atoms with van der Waals surface area (Å²) in [5.74, 6) is -1.77. The van der Waals surface area contributed by atoms with Gasteiger partial charge in [-0.2, -0.15) is 0 Å². The number of aryl methyl sites for hydroxylation is 1. The smallest absolute Gasteiger partial charge is 0.337 e. The third-order valence-electron chi connectivity index (χ3n) is 5.08. The third kappa shape index (κ3) is 6.28. The van der Waals surface area contributed by atoms with Gasteiger partial charge < -0.3 is 15.7 Å². The van der Waals surface area contributed by atoms with Crippen molar-refractivity contribution in [3.05, 3.63) is 77.0 Å². The minimum absolute atomic E-state index is 0.0326. The van der Waals surface area contributed by atoms with Crippen molar-refractivity contribution in [3.8, 4) is 0 Å². The van der Waals surface area contributed by atoms with Crippen molar-refractivity contribution in [1.82, 2.24) is 4.98 Å². The molecule has 0 saturated heterocycles. The molecule has 0 saturated carbocycles. The Bertz CT molecular complexity index is 1580. The van der Waals surface area contributed by atoms with Crippen LogP contribution in [0.2, 0.25) is 0 Å². The molecule has 0 aliphatic carbocycles. The Morgan fingerprint density at radius 3 is 2.30 bits per heavy atom. The molecule has 0 atom stereocenters. The normalized spacial score (nSPS) is 10.9. The number of nitrogens with one attached hydrogen (secondary N) is 2. The molecule has 0 radical (unpaired) electrons. The van der Waals surface area contributed by atoms with E-state index in [2.05, 4.69) is 79.3 Å². The molecule has 0 fully saturated rings. The molecule has 4 aromatic rings. The van der Waals surface area contributed by atoms with Crippen molar-refractivity contribution in [1.29, 1.82) is 0 Å². The number of carboxylic acids is 1. The number of aromatic nitrogens is 1. The van der Waals surface area contributed by atoms with Gasteiger partial charge in [0.25, 0.3) is 5.91 Å². The fourth-order valence-electron chi connectivity index (χ4n) is 3.31. The zero-order chi connectivity index (χ0) is 26.9. The molecule has 1 heterocycles. The van der Waals surface area contributed by atoms with Crippen molar-refractivity contribution in [2.75, 3.05) is 16.4 Å². The summed E-state index contributed by atoms with van der Waals surface area (Å²) >= 11 is 16.0. The van der Waals surface area contributed by atoms with Gasteiger partial charge in [-0.25, -0.2) is 9.78 Å². The van der Waals surface area contributed by atoms with E-state index in [-0.39, 0.29) is 27.3 Å². The second-order valence-corrected chi connectivity index (χ2v) is 13.0. The highest BCUT2D eigenvalue weighted by atomic mass is 79.9. The van der Waals surface area contributed by atoms with Crippen molar-refractivity contribution in [3.63, 3.8) is 0 Å². The Hall–Kier alpha value is -1.77. The maximum Gasteiger partial charge on any atom is 0.337 e. The molecule has 1 aromatic heterocycles. The number of hydrogen-bond donors (Lipinski definition) is 3. The Morgan fingerprint density at radius 1 is 0.946 bits per heavy atom. The molecule has 7 nitrogen and oxygen atoms in total. The van der Waals surface area contributed by atoms with Crippen molar-refractivity contribution in [2.24, 2.45) is 0 Å². The Kier molecular flexibility index (Phi) is 9.13. The van der Waals surface area contributed by atoms with Gasteiger partial charge in [-0.05, 0) is 100 Å². The van der Waals surface area contributed by atoms with Gasteiger partial charge >= 0.3 is 5.97 Å². The first-order valence-corrected chi connectivity index (χ1v) is 15.3. The van der Waals surface area contributed by atoms with E-state index >= 15 is 0 Å². The Labute approximate surface area is 253 Å². The van der Waals surface area contributed by atoms with Crippen LogP contribution in [0.4, 0.5) is 11.4 Å². The number of nitrogens with zero attached hydrogens (tertiary/aromatic N) is 1. The van der Waals surface area contributed by atoms with E-state index in [1.807, 2.05) is 31.2 Å². The predicted octanol–water partition coefficient (Wildman–Crippen LogP) is 8.34. The first-order chi connectivity index (χ1) is 17.6. The molecule has 0 aliphatic rings. The fourth-order valence-corrected chi connectivity index (χ4v) is 7.68. The number of halogens is 4. The third-order valence-corrected chi connectivity index (χ3v) is 12.0. The van der Waals surface area contributed by atoms with Gasteiger partial charge in [0, 0.05) is 29.3 Å². The maximum absolute atomic E-state index is 13.1. The fraction of sp³-hybridized carbons (Fsp3) is 0.0833. The van der Waals surface area contributed by atoms with Crippen LogP contribution >= 0.6 is 86.8 Å². The van der Waals surface area contributed by atoms with Crippen LogP contribution in [-0.2, 0) is 4.79 Å². The average molecular weight is 793 g/mol. The van der Waals surface area contributed by atoms with Crippen LogP contribution in [0.5, 0.6) is 0 Å². The minimum Gasteiger partial charge on any atom is -0.478 e. The van der Waals surface area contributed by atoms with Gasteiger partial charge in [-0.15, -0.1) is 11.3 Å². The summed E-state index contributed by atoms with van der Waals surface area (Å²) < 4.78 is 3.05. The minimum atomic E-state index is -1.25. The SMILES string of the molecule is Cc1ccccc1NC(=O)CSc1nc2ccc(NC(=O)c3c(Br)c(Br)c(Br)c(Br)c3C(=O)O)cc2s1. The van der Waals surface area contributed by atoms with Gasteiger partial charge in [0.2, 0.25) is 5.91 Å². The number of rotatable bonds is 7. The summed E-state index contributed by atoms with van der Waals surface area (Å²) in [6, 6.07) is 12.8. The quantitative estimate of drug-likeness (QED) is 0.0988. The predicted molar refractivity (Wildman–Crippen MR) is 162 cm³/mol. The molecule has 13 heteroatoms. The lowest BCUT2D eigenvalue weighted by Gasteiger charge is -2.14. The second kappa shape index (κ2) is 12.0. The number of para-hydroxylation sites is 1. The van der Waals surface area contributed by atoms with E-state index in [9.17, 15) is 19.5 Å². The molecule has 3 N–H and O–H groups in total. The first kappa shape index (κ1) is 28.2. The largest absolute Gasteiger partial charge is 0.478 e. The van der Waals surface area contributed by atoms with Crippen molar-refractivity contribution >= 4 is 126 Å². The van der Waals surface area contributed by atoms with E-state index in [0.717, 1.165) is 25.8 Å². The van der Waals surface area contributed by atoms with Crippen LogP contribution in [0.25, 0.3) is 10.2 Å². The number of thioether (sulfide) groups is 1. The number of fused-ring (bicyclic) bond motifs is 1. The van der Waals surface area contributed by atoms with Crippen LogP contribution in [0.15, 0.2) is 64.7 Å². The van der Waals surface area contributed by atoms with E-state index in [4.69, 9.17) is 0 Å². The number of benzene rings is 3. The van der Waals surface area contributed by atoms with Gasteiger partial charge in [-0.3, -0.25) is 9.59 Å². The molecular weight excluding hydrogens is 778 g/mol. The summed E-state index contributed by atoms with van der Waals surface area (Å²) in [6.45, 7) is 1.93. The number of hydrogen-bond acceptors (Lipinski definition) is 6. The van der Waals surface area contributed by atoms with E-state index < -0.39 is 11.9 Å². The molecule has 0 unspecified atom stereocenters. The van der Waals surface area contributed by atoms with Crippen LogP contribution in [0.1, 0.15) is 26.3 Å². The number of carbonyl (C=O) groups is 3. The lowest BCUT2D eigenvalue weighted by Crippen LogP contribution is -2.18. The van der Waals surface area contributed by atoms with E-state index in [1.165, 1.54) is 23.1 Å². The van der Waals surface area contributed by atoms with Crippen LogP contribution < -0.4 is 10.6 Å². The lowest BCUT2D eigenvalue weighted by molar-refractivity contribution is -0.113. The zero-order valence-electron chi connectivity index (χ0n) is 18.7. The van der Waals surface area contributed by atoms with Gasteiger partial charge in [0.15, 0.2) is 4.34 Å². The number of carboxylic acid groups (broad SMARTS) is 1. The Balaban J connectivity index is 1.50. The van der Waals surface area contributed by atoms with Crippen LogP contribution in [0.3, 0.4) is 0 Å². The number of anilines is 2. The summed E-state index contributed by atoms with van der Waals surface area (Å²) in [4.78, 5) is 42.0. The molecule has 0 spiro atoms. The van der Waals surface area contributed by atoms with Gasteiger partial charge in [-0.1, -0.05) is 30.0 Å². The maximum atomic E-state index is 13.1. The highest BCUT2D eigenvalue weighted by molar-refractivity contribution is 9.15. The number of thiazole rings is 1. The standard InChI is InChI=1S/C24H15Br4N3O4S2/c1-10-4-2-3-5-12(10)30-15(32)9-36-24-31-13-7-6-11(8-14(13)37-24)29-22(33)16-17(23(34)35)19(26)21(28)20(27)18(16)25/h2-8H,9H2,1H3,(H,29,33)(H,30,32)(H,34,35). The summed E-state index contributed by atoms with van der Waals surface area (Å²) in [5, 5.41) is 15.4. The van der Waals surface area contributed by atoms with Gasteiger partial charge in [0.1, 0.15) is 0 Å². The molecule has 2 amide bonds. The summed E-state index contributed by atoms with van der Waals surface area (Å²) in [6.07, 6.45) is 0. The highest BCUT2D eigenvalue weighted by Gasteiger charge is 2.28. The lowest BCUT2D eigenvalue weighted by atomic mass is 10.1. The topological polar surface area (TPSA) is 108 Å². The molecule has 4 rings (SSSR count). The van der Waals surface area contributed by atoms with E-state index in [0.29, 0.717) is 19.1 Å². The highest BCUT2D eigenvalue weighted by Crippen LogP contribution is 2.42. The van der Waals surface area contributed by atoms with Crippen molar-refractivity contribution in [2.45, 2.75) is 11.3 Å². The molecule has 0 aliphatic heterocycles. The van der Waals surface area contributed by atoms with E-state index in [1.54, 1.807) is 18.2 Å².